The molecule has 1 aliphatic heterocycles. The van der Waals surface area contributed by atoms with Crippen LogP contribution < -0.4 is 9.47 Å². The molecule has 0 amide bonds. The predicted octanol–water partition coefficient (Wildman–Crippen LogP) is 1.29. The Morgan fingerprint density at radius 2 is 1.91 bits per heavy atom. The van der Waals surface area contributed by atoms with Crippen molar-refractivity contribution in [1.82, 2.24) is 19.6 Å². The molecule has 0 unspecified atom stereocenters. The van der Waals surface area contributed by atoms with E-state index in [1.165, 1.54) is 6.92 Å². The number of nitrogens with zero attached hydrogens (tertiary/aromatic N) is 4. The highest BCUT2D eigenvalue weighted by Gasteiger charge is 2.44. The van der Waals surface area contributed by atoms with Crippen molar-refractivity contribution in [1.29, 1.82) is 0 Å². The second kappa shape index (κ2) is 4.16. The van der Waals surface area contributed by atoms with E-state index in [0.29, 0.717) is 4.09 Å². The first-order valence-corrected chi connectivity index (χ1v) is 7.54. The largest absolute Gasteiger partial charge is 0.586 e. The number of hydrogen-bond acceptors (Lipinski definition) is 8. The van der Waals surface area contributed by atoms with E-state index < -0.39 is 16.3 Å². The van der Waals surface area contributed by atoms with E-state index in [1.54, 1.807) is 0 Å². The van der Waals surface area contributed by atoms with Gasteiger partial charge in [-0.05, 0) is 6.92 Å². The van der Waals surface area contributed by atoms with Crippen LogP contribution in [0.5, 0.6) is 11.5 Å². The van der Waals surface area contributed by atoms with Crippen molar-refractivity contribution in [3.8, 4) is 11.5 Å². The average Bonchev–Trinajstić information content (AvgIpc) is 3.10. The molecule has 3 heterocycles. The molecule has 0 saturated carbocycles. The lowest BCUT2D eigenvalue weighted by atomic mass is 10.3. The number of aryl methyl sites for hydroxylation is 1. The van der Waals surface area contributed by atoms with Gasteiger partial charge >= 0.3 is 6.29 Å². The number of ether oxygens (including phenoxy) is 2. The lowest BCUT2D eigenvalue weighted by molar-refractivity contribution is -0.286. The van der Waals surface area contributed by atoms with Gasteiger partial charge in [-0.15, -0.1) is 18.0 Å². The van der Waals surface area contributed by atoms with Gasteiger partial charge in [0.25, 0.3) is 10.0 Å². The Balaban J connectivity index is 1.92. The third kappa shape index (κ3) is 1.94. The summed E-state index contributed by atoms with van der Waals surface area (Å²) >= 11 is 0. The topological polar surface area (TPSA) is 109 Å². The molecule has 23 heavy (non-hydrogen) atoms. The van der Waals surface area contributed by atoms with Gasteiger partial charge in [0.05, 0.1) is 6.20 Å². The van der Waals surface area contributed by atoms with Gasteiger partial charge in [-0.3, -0.25) is 0 Å². The molecule has 3 aromatic rings. The van der Waals surface area contributed by atoms with Gasteiger partial charge in [0.15, 0.2) is 22.2 Å². The maximum absolute atomic E-state index is 13.1. The molecule has 0 aliphatic carbocycles. The Bertz CT molecular complexity index is 1040. The summed E-state index contributed by atoms with van der Waals surface area (Å²) in [5, 5.41) is 10.6. The zero-order chi connectivity index (χ0) is 16.4. The summed E-state index contributed by atoms with van der Waals surface area (Å²) < 4.78 is 65.2. The minimum absolute atomic E-state index is 0.0442. The van der Waals surface area contributed by atoms with Crippen LogP contribution in [0.15, 0.2) is 27.7 Å². The van der Waals surface area contributed by atoms with Crippen LogP contribution in [0, 0.1) is 6.92 Å². The molecular formula is C11H6F2N4O5S. The number of benzene rings is 1. The highest BCUT2D eigenvalue weighted by molar-refractivity contribution is 7.90. The first-order valence-electron chi connectivity index (χ1n) is 6.10. The lowest BCUT2D eigenvalue weighted by Gasteiger charge is -2.04. The molecule has 0 atom stereocenters. The SMILES string of the molecule is Cc1oncc1S(=O)(=O)n1nnc2cc3c(cc21)OC(F)(F)O3. The predicted molar refractivity (Wildman–Crippen MR) is 67.6 cm³/mol. The monoisotopic (exact) mass is 344 g/mol. The lowest BCUT2D eigenvalue weighted by Crippen LogP contribution is -2.25. The Hall–Kier alpha value is -2.76. The van der Waals surface area contributed by atoms with E-state index in [1.807, 2.05) is 0 Å². The quantitative estimate of drug-likeness (QED) is 0.684. The molecule has 1 aliphatic rings. The van der Waals surface area contributed by atoms with E-state index in [4.69, 9.17) is 4.52 Å². The minimum atomic E-state index is -4.15. The average molecular weight is 344 g/mol. The summed E-state index contributed by atoms with van der Waals surface area (Å²) in [6.45, 7) is 1.41. The Morgan fingerprint density at radius 1 is 1.22 bits per heavy atom. The number of alkyl halides is 2. The van der Waals surface area contributed by atoms with Crippen LogP contribution in [-0.4, -0.2) is 34.3 Å². The molecular weight excluding hydrogens is 338 g/mol. The van der Waals surface area contributed by atoms with Crippen molar-refractivity contribution in [3.63, 3.8) is 0 Å². The van der Waals surface area contributed by atoms with Gasteiger partial charge in [-0.2, -0.15) is 8.42 Å². The van der Waals surface area contributed by atoms with Crippen molar-refractivity contribution < 1.29 is 31.2 Å². The van der Waals surface area contributed by atoms with Crippen LogP contribution in [-0.2, 0) is 10.0 Å². The van der Waals surface area contributed by atoms with Crippen molar-refractivity contribution >= 4 is 21.1 Å². The van der Waals surface area contributed by atoms with Crippen LogP contribution in [0.2, 0.25) is 0 Å². The third-order valence-corrected chi connectivity index (χ3v) is 4.82. The second-order valence-corrected chi connectivity index (χ2v) is 6.37. The Kier molecular flexibility index (Phi) is 2.51. The minimum Gasteiger partial charge on any atom is -0.395 e. The molecule has 1 aromatic carbocycles. The molecule has 0 N–H and O–H groups in total. The van der Waals surface area contributed by atoms with Crippen molar-refractivity contribution in [2.24, 2.45) is 0 Å². The highest BCUT2D eigenvalue weighted by atomic mass is 32.2. The van der Waals surface area contributed by atoms with E-state index >= 15 is 0 Å². The van der Waals surface area contributed by atoms with Crippen LogP contribution in [0.25, 0.3) is 11.0 Å². The molecule has 12 heteroatoms. The van der Waals surface area contributed by atoms with Gasteiger partial charge in [-0.25, -0.2) is 0 Å². The first-order chi connectivity index (χ1) is 10.8. The van der Waals surface area contributed by atoms with Crippen molar-refractivity contribution in [2.75, 3.05) is 0 Å². The Morgan fingerprint density at radius 3 is 2.57 bits per heavy atom. The Labute approximate surface area is 126 Å². The molecule has 0 spiro atoms. The van der Waals surface area contributed by atoms with E-state index in [-0.39, 0.29) is 33.2 Å². The molecule has 0 saturated heterocycles. The number of rotatable bonds is 2. The van der Waals surface area contributed by atoms with E-state index in [2.05, 4.69) is 24.9 Å². The van der Waals surface area contributed by atoms with Crippen LogP contribution >= 0.6 is 0 Å². The molecule has 0 fully saturated rings. The van der Waals surface area contributed by atoms with Gasteiger partial charge in [0.1, 0.15) is 11.0 Å². The first kappa shape index (κ1) is 13.9. The number of aromatic nitrogens is 4. The summed E-state index contributed by atoms with van der Waals surface area (Å²) in [5.41, 5.74) is -0.00613. The molecule has 2 aromatic heterocycles. The summed E-state index contributed by atoms with van der Waals surface area (Å²) in [6, 6.07) is 2.18. The number of halogens is 2. The second-order valence-electron chi connectivity index (χ2n) is 4.64. The molecule has 4 rings (SSSR count). The van der Waals surface area contributed by atoms with Gasteiger partial charge < -0.3 is 14.0 Å². The maximum Gasteiger partial charge on any atom is 0.586 e. The zero-order valence-electron chi connectivity index (χ0n) is 11.2. The smallest absolute Gasteiger partial charge is 0.395 e. The molecule has 0 bridgehead atoms. The number of fused-ring (bicyclic) bond motifs is 2. The zero-order valence-corrected chi connectivity index (χ0v) is 12.0. The standard InChI is InChI=1S/C11H6F2N4O5S/c1-5-10(4-14-22-5)23(18,19)17-7-3-9-8(2-6(7)15-16-17)20-11(12,13)21-9/h2-4H,1H3. The number of hydrogen-bond donors (Lipinski definition) is 0. The fourth-order valence-corrected chi connectivity index (χ4v) is 3.45. The fraction of sp³-hybridized carbons (Fsp3) is 0.182. The molecule has 120 valence electrons. The van der Waals surface area contributed by atoms with Crippen LogP contribution in [0.4, 0.5) is 8.78 Å². The summed E-state index contributed by atoms with van der Waals surface area (Å²) in [5.74, 6) is -0.516. The normalized spacial score (nSPS) is 16.1. The third-order valence-electron chi connectivity index (χ3n) is 3.15. The van der Waals surface area contributed by atoms with Crippen molar-refractivity contribution in [3.05, 3.63) is 24.1 Å². The fourth-order valence-electron chi connectivity index (χ4n) is 2.15. The molecule has 0 radical (unpaired) electrons. The van der Waals surface area contributed by atoms with E-state index in [0.717, 1.165) is 18.3 Å². The molecule has 9 nitrogen and oxygen atoms in total. The van der Waals surface area contributed by atoms with Gasteiger partial charge in [-0.1, -0.05) is 10.4 Å². The van der Waals surface area contributed by atoms with Crippen LogP contribution in [0.1, 0.15) is 5.76 Å². The summed E-state index contributed by atoms with van der Waals surface area (Å²) in [4.78, 5) is -0.215. The van der Waals surface area contributed by atoms with Crippen LogP contribution in [0.3, 0.4) is 0 Å². The highest BCUT2D eigenvalue weighted by Crippen LogP contribution is 2.43. The van der Waals surface area contributed by atoms with Gasteiger partial charge in [0.2, 0.25) is 0 Å². The maximum atomic E-state index is 13.1. The van der Waals surface area contributed by atoms with Gasteiger partial charge in [0, 0.05) is 12.1 Å². The van der Waals surface area contributed by atoms with E-state index in [9.17, 15) is 17.2 Å². The van der Waals surface area contributed by atoms with Crippen molar-refractivity contribution in [2.45, 2.75) is 18.1 Å². The summed E-state index contributed by atoms with van der Waals surface area (Å²) in [7, 11) is -4.15. The summed E-state index contributed by atoms with van der Waals surface area (Å²) in [6.07, 6.45) is -2.80.